The summed E-state index contributed by atoms with van der Waals surface area (Å²) in [5, 5.41) is 4.31. The molecule has 0 bridgehead atoms. The average Bonchev–Trinajstić information content (AvgIpc) is 3.11. The first-order chi connectivity index (χ1) is 14.5. The molecule has 6 rings (SSSR count). The van der Waals surface area contributed by atoms with Gasteiger partial charge in [-0.05, 0) is 79.5 Å². The van der Waals surface area contributed by atoms with Crippen molar-refractivity contribution in [3.05, 3.63) is 66.3 Å². The number of aryl methyl sites for hydroxylation is 3. The highest BCUT2D eigenvalue weighted by atomic mass is 16.3. The minimum atomic E-state index is -1.08. The maximum Gasteiger partial charge on any atom is 0.254 e. The van der Waals surface area contributed by atoms with Gasteiger partial charge in [0, 0.05) is 22.9 Å². The minimum Gasteiger partial charge on any atom is -0.302 e. The number of hydrogen-bond donors (Lipinski definition) is 0. The number of Topliss-reactive ketones (excluding diaryl/α,β-unsaturated/α-hetero) is 1. The summed E-state index contributed by atoms with van der Waals surface area (Å²) >= 11 is 0. The molecule has 0 radical (unpaired) electrons. The van der Waals surface area contributed by atoms with Crippen molar-refractivity contribution in [2.75, 3.05) is 0 Å². The quantitative estimate of drug-likeness (QED) is 0.455. The van der Waals surface area contributed by atoms with E-state index in [-0.39, 0.29) is 17.8 Å². The Balaban J connectivity index is 1.68. The van der Waals surface area contributed by atoms with Gasteiger partial charge in [-0.25, -0.2) is 4.98 Å². The SMILES string of the molecule is Cc1cc2nc3c(c4c2c(c1C)CCC4)Cn1c-3cc2c(c1=O)CCC(=O)C2N=O. The van der Waals surface area contributed by atoms with Crippen LogP contribution >= 0.6 is 0 Å². The monoisotopic (exact) mass is 399 g/mol. The lowest BCUT2D eigenvalue weighted by Gasteiger charge is -2.22. The van der Waals surface area contributed by atoms with E-state index in [2.05, 4.69) is 25.1 Å². The van der Waals surface area contributed by atoms with Crippen LogP contribution in [0.25, 0.3) is 22.3 Å². The maximum absolute atomic E-state index is 13.3. The third kappa shape index (κ3) is 2.11. The Morgan fingerprint density at radius 1 is 1.00 bits per heavy atom. The van der Waals surface area contributed by atoms with Crippen LogP contribution in [0.1, 0.15) is 57.8 Å². The van der Waals surface area contributed by atoms with Gasteiger partial charge in [0.15, 0.2) is 11.8 Å². The first-order valence-electron chi connectivity index (χ1n) is 10.6. The van der Waals surface area contributed by atoms with Gasteiger partial charge in [0.25, 0.3) is 5.56 Å². The van der Waals surface area contributed by atoms with Crippen LogP contribution in [0.5, 0.6) is 0 Å². The molecule has 0 amide bonds. The van der Waals surface area contributed by atoms with Crippen LogP contribution in [0.3, 0.4) is 0 Å². The molecular formula is C24H21N3O3. The Kier molecular flexibility index (Phi) is 3.50. The van der Waals surface area contributed by atoms with Gasteiger partial charge in [0.05, 0.1) is 23.4 Å². The maximum atomic E-state index is 13.3. The second-order valence-electron chi connectivity index (χ2n) is 8.79. The zero-order valence-electron chi connectivity index (χ0n) is 17.0. The molecule has 0 saturated carbocycles. The van der Waals surface area contributed by atoms with E-state index in [0.717, 1.165) is 36.0 Å². The molecule has 0 N–H and O–H groups in total. The molecule has 3 aromatic rings. The molecule has 6 nitrogen and oxygen atoms in total. The molecule has 0 fully saturated rings. The molecule has 30 heavy (non-hydrogen) atoms. The number of carbonyl (C=O) groups excluding carboxylic acids is 1. The molecule has 1 aromatic carbocycles. The van der Waals surface area contributed by atoms with Crippen LogP contribution in [-0.4, -0.2) is 15.3 Å². The Hall–Kier alpha value is -3.15. The number of hydrogen-bond acceptors (Lipinski definition) is 5. The molecule has 3 aliphatic rings. The Morgan fingerprint density at radius 2 is 1.80 bits per heavy atom. The number of nitrogens with zero attached hydrogens (tertiary/aromatic N) is 3. The van der Waals surface area contributed by atoms with Gasteiger partial charge in [-0.15, -0.1) is 4.91 Å². The molecule has 2 aromatic heterocycles. The van der Waals surface area contributed by atoms with Gasteiger partial charge in [-0.1, -0.05) is 5.18 Å². The van der Waals surface area contributed by atoms with Gasteiger partial charge in [0.1, 0.15) is 0 Å². The number of aromatic nitrogens is 2. The van der Waals surface area contributed by atoms with E-state index >= 15 is 0 Å². The molecule has 0 saturated heterocycles. The molecule has 0 spiro atoms. The Bertz CT molecular complexity index is 1380. The van der Waals surface area contributed by atoms with Crippen LogP contribution < -0.4 is 5.56 Å². The summed E-state index contributed by atoms with van der Waals surface area (Å²) in [7, 11) is 0. The van der Waals surface area contributed by atoms with Gasteiger partial charge >= 0.3 is 0 Å². The molecule has 1 unspecified atom stereocenters. The highest BCUT2D eigenvalue weighted by Crippen LogP contribution is 2.42. The fourth-order valence-corrected chi connectivity index (χ4v) is 5.67. The number of fused-ring (bicyclic) bond motifs is 5. The lowest BCUT2D eigenvalue weighted by Crippen LogP contribution is -2.30. The van der Waals surface area contributed by atoms with Gasteiger partial charge in [0.2, 0.25) is 0 Å². The van der Waals surface area contributed by atoms with Crippen molar-refractivity contribution in [2.45, 2.75) is 58.5 Å². The Morgan fingerprint density at radius 3 is 2.60 bits per heavy atom. The second-order valence-corrected chi connectivity index (χ2v) is 8.79. The van der Waals surface area contributed by atoms with Crippen molar-refractivity contribution in [3.8, 4) is 11.4 Å². The summed E-state index contributed by atoms with van der Waals surface area (Å²) in [5.74, 6) is -0.211. The van der Waals surface area contributed by atoms with E-state index < -0.39 is 6.04 Å². The molecule has 6 heteroatoms. The molecule has 150 valence electrons. The largest absolute Gasteiger partial charge is 0.302 e. The smallest absolute Gasteiger partial charge is 0.254 e. The summed E-state index contributed by atoms with van der Waals surface area (Å²) in [5.41, 5.74) is 9.80. The third-order valence-electron chi connectivity index (χ3n) is 7.31. The summed E-state index contributed by atoms with van der Waals surface area (Å²) in [4.78, 5) is 41.9. The van der Waals surface area contributed by atoms with E-state index in [1.165, 1.54) is 27.6 Å². The number of rotatable bonds is 1. The highest BCUT2D eigenvalue weighted by molar-refractivity contribution is 5.93. The first-order valence-corrected chi connectivity index (χ1v) is 10.6. The minimum absolute atomic E-state index is 0.110. The molecule has 3 heterocycles. The number of benzene rings is 1. The fraction of sp³-hybridized carbons (Fsp3) is 0.375. The van der Waals surface area contributed by atoms with E-state index in [0.29, 0.717) is 29.8 Å². The zero-order valence-corrected chi connectivity index (χ0v) is 17.0. The number of ketones is 1. The third-order valence-corrected chi connectivity index (χ3v) is 7.31. The van der Waals surface area contributed by atoms with Crippen LogP contribution in [0.4, 0.5) is 0 Å². The number of nitroso groups, excluding NO2 is 1. The van der Waals surface area contributed by atoms with Crippen molar-refractivity contribution in [1.82, 2.24) is 9.55 Å². The first kappa shape index (κ1) is 17.7. The van der Waals surface area contributed by atoms with E-state index in [1.807, 2.05) is 6.07 Å². The fourth-order valence-electron chi connectivity index (χ4n) is 5.67. The van der Waals surface area contributed by atoms with Crippen LogP contribution in [0.2, 0.25) is 0 Å². The van der Waals surface area contributed by atoms with Crippen molar-refractivity contribution < 1.29 is 4.79 Å². The molecule has 1 atom stereocenters. The van der Waals surface area contributed by atoms with Crippen LogP contribution in [0.15, 0.2) is 22.1 Å². The van der Waals surface area contributed by atoms with E-state index in [1.54, 1.807) is 4.57 Å². The van der Waals surface area contributed by atoms with Gasteiger partial charge in [-0.2, -0.15) is 0 Å². The highest BCUT2D eigenvalue weighted by Gasteiger charge is 2.35. The van der Waals surface area contributed by atoms with Crippen molar-refractivity contribution in [1.29, 1.82) is 0 Å². The number of carbonyl (C=O) groups is 1. The molecular weight excluding hydrogens is 378 g/mol. The van der Waals surface area contributed by atoms with Crippen molar-refractivity contribution in [2.24, 2.45) is 5.18 Å². The lowest BCUT2D eigenvalue weighted by atomic mass is 9.83. The van der Waals surface area contributed by atoms with E-state index in [9.17, 15) is 14.5 Å². The van der Waals surface area contributed by atoms with Gasteiger partial charge < -0.3 is 4.57 Å². The topological polar surface area (TPSA) is 81.4 Å². The van der Waals surface area contributed by atoms with Gasteiger partial charge in [-0.3, -0.25) is 9.59 Å². The predicted octanol–water partition coefficient (Wildman–Crippen LogP) is 3.85. The lowest BCUT2D eigenvalue weighted by molar-refractivity contribution is -0.120. The molecule has 1 aliphatic heterocycles. The summed E-state index contributed by atoms with van der Waals surface area (Å²) in [6.45, 7) is 4.81. The average molecular weight is 399 g/mol. The summed E-state index contributed by atoms with van der Waals surface area (Å²) in [6.07, 6.45) is 3.71. The zero-order chi connectivity index (χ0) is 20.7. The second kappa shape index (κ2) is 5.94. The normalized spacial score (nSPS) is 18.9. The van der Waals surface area contributed by atoms with Crippen molar-refractivity contribution in [3.63, 3.8) is 0 Å². The summed E-state index contributed by atoms with van der Waals surface area (Å²) in [6, 6.07) is 2.88. The Labute approximate surface area is 172 Å². The molecule has 2 aliphatic carbocycles. The number of pyridine rings is 2. The summed E-state index contributed by atoms with van der Waals surface area (Å²) < 4.78 is 1.78. The van der Waals surface area contributed by atoms with Crippen LogP contribution in [-0.2, 0) is 30.6 Å². The van der Waals surface area contributed by atoms with Crippen LogP contribution in [0, 0.1) is 18.8 Å². The standard InChI is InChI=1S/C24H21N3O3/c1-11-8-18-21-13(12(11)2)4-3-5-14(21)17-10-27-19(22(17)25-18)9-16-15(24(27)29)6-7-20(28)23(16)26-30/h8-9,23H,3-7,10H2,1-2H3. The predicted molar refractivity (Wildman–Crippen MR) is 114 cm³/mol. The van der Waals surface area contributed by atoms with Crippen molar-refractivity contribution >= 4 is 16.7 Å². The van der Waals surface area contributed by atoms with E-state index in [4.69, 9.17) is 4.98 Å².